The molecular formula is C21H30N4. The van der Waals surface area contributed by atoms with E-state index in [4.69, 9.17) is 4.98 Å². The average Bonchev–Trinajstić information content (AvgIpc) is 3.43. The maximum Gasteiger partial charge on any atom is 0.131 e. The highest BCUT2D eigenvalue weighted by molar-refractivity contribution is 5.50. The maximum absolute atomic E-state index is 4.90. The third-order valence-electron chi connectivity index (χ3n) is 4.64. The first-order valence-electron chi connectivity index (χ1n) is 9.44. The van der Waals surface area contributed by atoms with Crippen LogP contribution in [0, 0.1) is 0 Å². The van der Waals surface area contributed by atoms with Crippen LogP contribution in [-0.2, 0) is 13.1 Å². The van der Waals surface area contributed by atoms with E-state index in [1.165, 1.54) is 18.4 Å². The summed E-state index contributed by atoms with van der Waals surface area (Å²) in [7, 11) is 0. The molecule has 0 atom stereocenters. The van der Waals surface area contributed by atoms with Gasteiger partial charge in [0, 0.05) is 31.1 Å². The summed E-state index contributed by atoms with van der Waals surface area (Å²) >= 11 is 0. The normalized spacial score (nSPS) is 14.3. The van der Waals surface area contributed by atoms with Crippen LogP contribution in [0.1, 0.15) is 63.5 Å². The van der Waals surface area contributed by atoms with Crippen molar-refractivity contribution in [2.75, 3.05) is 4.90 Å². The number of hydrogen-bond donors (Lipinski definition) is 1. The van der Waals surface area contributed by atoms with Gasteiger partial charge in [0.1, 0.15) is 5.82 Å². The van der Waals surface area contributed by atoms with E-state index in [2.05, 4.69) is 73.2 Å². The molecular weight excluding hydrogens is 308 g/mol. The Hall–Kier alpha value is -1.94. The molecule has 1 heterocycles. The summed E-state index contributed by atoms with van der Waals surface area (Å²) < 4.78 is 0. The number of nitrogens with one attached hydrogen (secondary N) is 1. The number of hydrogen-bond acceptors (Lipinski definition) is 4. The Morgan fingerprint density at radius 2 is 1.84 bits per heavy atom. The summed E-state index contributed by atoms with van der Waals surface area (Å²) in [6, 6.07) is 11.7. The van der Waals surface area contributed by atoms with Crippen molar-refractivity contribution in [1.82, 2.24) is 15.3 Å². The Kier molecular flexibility index (Phi) is 5.69. The number of nitrogens with zero attached hydrogens (tertiary/aromatic N) is 3. The highest BCUT2D eigenvalue weighted by Gasteiger charge is 2.23. The molecule has 1 aromatic heterocycles. The fourth-order valence-electron chi connectivity index (χ4n) is 2.93. The molecule has 1 aliphatic rings. The minimum atomic E-state index is 0.343. The first-order chi connectivity index (χ1) is 12.0. The van der Waals surface area contributed by atoms with Gasteiger partial charge in [-0.05, 0) is 32.3 Å². The minimum absolute atomic E-state index is 0.343. The molecule has 0 aliphatic heterocycles. The van der Waals surface area contributed by atoms with Crippen molar-refractivity contribution in [1.29, 1.82) is 0 Å². The molecule has 1 aliphatic carbocycles. The van der Waals surface area contributed by atoms with Gasteiger partial charge in [0.15, 0.2) is 0 Å². The molecule has 3 rings (SSSR count). The van der Waals surface area contributed by atoms with E-state index in [9.17, 15) is 0 Å². The van der Waals surface area contributed by atoms with Gasteiger partial charge < -0.3 is 10.2 Å². The zero-order chi connectivity index (χ0) is 17.8. The molecule has 0 spiro atoms. The molecule has 1 fully saturated rings. The molecule has 2 aromatic rings. The molecule has 4 heteroatoms. The zero-order valence-electron chi connectivity index (χ0n) is 15.9. The lowest BCUT2D eigenvalue weighted by Gasteiger charge is -2.30. The Morgan fingerprint density at radius 1 is 1.12 bits per heavy atom. The molecule has 1 N–H and O–H groups in total. The Labute approximate surface area is 151 Å². The van der Waals surface area contributed by atoms with E-state index in [-0.39, 0.29) is 0 Å². The quantitative estimate of drug-likeness (QED) is 0.780. The third-order valence-corrected chi connectivity index (χ3v) is 4.64. The highest BCUT2D eigenvalue weighted by atomic mass is 15.2. The van der Waals surface area contributed by atoms with Gasteiger partial charge in [-0.1, -0.05) is 44.2 Å². The molecule has 25 heavy (non-hydrogen) atoms. The van der Waals surface area contributed by atoms with Crippen molar-refractivity contribution in [3.8, 4) is 0 Å². The molecule has 0 radical (unpaired) electrons. The van der Waals surface area contributed by atoms with E-state index < -0.39 is 0 Å². The van der Waals surface area contributed by atoms with Crippen LogP contribution in [0.2, 0.25) is 0 Å². The number of anilines is 1. The van der Waals surface area contributed by atoms with E-state index in [0.29, 0.717) is 18.0 Å². The molecule has 0 amide bonds. The summed E-state index contributed by atoms with van der Waals surface area (Å²) in [4.78, 5) is 12.0. The summed E-state index contributed by atoms with van der Waals surface area (Å²) in [6.45, 7) is 10.5. The molecule has 1 aromatic carbocycles. The standard InChI is InChI=1S/C21H30N4/c1-15(2)21-23-13-20(19(24-21)12-22-18-10-11-18)25(16(3)4)14-17-8-6-5-7-9-17/h5-9,13,15-16,18,22H,10-12,14H2,1-4H3. The monoisotopic (exact) mass is 338 g/mol. The van der Waals surface area contributed by atoms with Crippen LogP contribution in [0.3, 0.4) is 0 Å². The van der Waals surface area contributed by atoms with Gasteiger partial charge in [0.05, 0.1) is 17.6 Å². The summed E-state index contributed by atoms with van der Waals surface area (Å²) in [6.07, 6.45) is 4.60. The van der Waals surface area contributed by atoms with Crippen LogP contribution in [0.15, 0.2) is 36.5 Å². The molecule has 0 saturated heterocycles. The SMILES string of the molecule is CC(C)c1ncc(N(Cc2ccccc2)C(C)C)c(CNC2CC2)n1. The topological polar surface area (TPSA) is 41.1 Å². The summed E-state index contributed by atoms with van der Waals surface area (Å²) in [5.41, 5.74) is 3.58. The maximum atomic E-state index is 4.90. The van der Waals surface area contributed by atoms with Crippen molar-refractivity contribution in [2.45, 2.75) is 71.6 Å². The van der Waals surface area contributed by atoms with Gasteiger partial charge in [-0.25, -0.2) is 9.97 Å². The first-order valence-corrected chi connectivity index (χ1v) is 9.44. The Bertz CT molecular complexity index is 678. The first kappa shape index (κ1) is 17.9. The highest BCUT2D eigenvalue weighted by Crippen LogP contribution is 2.26. The van der Waals surface area contributed by atoms with Gasteiger partial charge in [-0.2, -0.15) is 0 Å². The van der Waals surface area contributed by atoms with Crippen molar-refractivity contribution in [3.05, 3.63) is 53.6 Å². The van der Waals surface area contributed by atoms with Crippen molar-refractivity contribution < 1.29 is 0 Å². The lowest BCUT2D eigenvalue weighted by Crippen LogP contribution is -2.32. The van der Waals surface area contributed by atoms with E-state index >= 15 is 0 Å². The number of rotatable bonds is 8. The van der Waals surface area contributed by atoms with Crippen LogP contribution < -0.4 is 10.2 Å². The summed E-state index contributed by atoms with van der Waals surface area (Å²) in [5.74, 6) is 1.27. The van der Waals surface area contributed by atoms with Crippen LogP contribution >= 0.6 is 0 Å². The molecule has 1 saturated carbocycles. The van der Waals surface area contributed by atoms with E-state index in [0.717, 1.165) is 30.3 Å². The number of aromatic nitrogens is 2. The molecule has 134 valence electrons. The largest absolute Gasteiger partial charge is 0.362 e. The van der Waals surface area contributed by atoms with Gasteiger partial charge in [0.25, 0.3) is 0 Å². The fraction of sp³-hybridized carbons (Fsp3) is 0.524. The van der Waals surface area contributed by atoms with Gasteiger partial charge in [-0.3, -0.25) is 0 Å². The fourth-order valence-corrected chi connectivity index (χ4v) is 2.93. The Balaban J connectivity index is 1.89. The van der Waals surface area contributed by atoms with Gasteiger partial charge in [-0.15, -0.1) is 0 Å². The minimum Gasteiger partial charge on any atom is -0.362 e. The molecule has 4 nitrogen and oxygen atoms in total. The lowest BCUT2D eigenvalue weighted by molar-refractivity contribution is 0.633. The molecule has 0 bridgehead atoms. The van der Waals surface area contributed by atoms with E-state index in [1.807, 2.05) is 6.20 Å². The van der Waals surface area contributed by atoms with Crippen molar-refractivity contribution in [2.24, 2.45) is 0 Å². The third kappa shape index (κ3) is 4.79. The molecule has 0 unspecified atom stereocenters. The van der Waals surface area contributed by atoms with Crippen molar-refractivity contribution in [3.63, 3.8) is 0 Å². The second-order valence-electron chi connectivity index (χ2n) is 7.58. The van der Waals surface area contributed by atoms with Gasteiger partial charge in [0.2, 0.25) is 0 Å². The van der Waals surface area contributed by atoms with Crippen LogP contribution in [0.5, 0.6) is 0 Å². The van der Waals surface area contributed by atoms with E-state index in [1.54, 1.807) is 0 Å². The smallest absolute Gasteiger partial charge is 0.131 e. The predicted octanol–water partition coefficient (Wildman–Crippen LogP) is 4.27. The van der Waals surface area contributed by atoms with Gasteiger partial charge >= 0.3 is 0 Å². The zero-order valence-corrected chi connectivity index (χ0v) is 15.9. The Morgan fingerprint density at radius 3 is 2.44 bits per heavy atom. The summed E-state index contributed by atoms with van der Waals surface area (Å²) in [5, 5.41) is 3.62. The van der Waals surface area contributed by atoms with Crippen LogP contribution in [-0.4, -0.2) is 22.1 Å². The number of benzene rings is 1. The second kappa shape index (κ2) is 7.96. The lowest BCUT2D eigenvalue weighted by atomic mass is 10.1. The second-order valence-corrected chi connectivity index (χ2v) is 7.58. The predicted molar refractivity (Wildman–Crippen MR) is 104 cm³/mol. The van der Waals surface area contributed by atoms with Crippen LogP contribution in [0.25, 0.3) is 0 Å². The average molecular weight is 338 g/mol. The van der Waals surface area contributed by atoms with Crippen LogP contribution in [0.4, 0.5) is 5.69 Å². The van der Waals surface area contributed by atoms with Crippen molar-refractivity contribution >= 4 is 5.69 Å².